The van der Waals surface area contributed by atoms with Gasteiger partial charge < -0.3 is 15.2 Å². The van der Waals surface area contributed by atoms with E-state index < -0.39 is 0 Å². The second-order valence-corrected chi connectivity index (χ2v) is 5.22. The number of benzene rings is 2. The Hall–Kier alpha value is -1.52. The van der Waals surface area contributed by atoms with E-state index in [1.165, 1.54) is 0 Å². The summed E-state index contributed by atoms with van der Waals surface area (Å²) in [6.45, 7) is 2.63. The summed E-state index contributed by atoms with van der Waals surface area (Å²) in [5.74, 6) is 1.66. The van der Waals surface area contributed by atoms with Gasteiger partial charge in [0, 0.05) is 4.47 Å². The van der Waals surface area contributed by atoms with Crippen molar-refractivity contribution >= 4 is 15.9 Å². The van der Waals surface area contributed by atoms with E-state index in [4.69, 9.17) is 15.2 Å². The molecule has 0 aliphatic rings. The third-order valence-electron chi connectivity index (χ3n) is 3.09. The number of nitrogens with two attached hydrogens (primary N) is 1. The highest BCUT2D eigenvalue weighted by molar-refractivity contribution is 9.10. The maximum Gasteiger partial charge on any atom is 0.120 e. The smallest absolute Gasteiger partial charge is 0.120 e. The first-order valence-corrected chi connectivity index (χ1v) is 7.26. The summed E-state index contributed by atoms with van der Waals surface area (Å²) in [4.78, 5) is 0. The zero-order valence-corrected chi connectivity index (χ0v) is 13.2. The molecule has 0 fully saturated rings. The summed E-state index contributed by atoms with van der Waals surface area (Å²) in [6, 6.07) is 13.5. The molecule has 20 heavy (non-hydrogen) atoms. The monoisotopic (exact) mass is 335 g/mol. The Labute approximate surface area is 127 Å². The van der Waals surface area contributed by atoms with Crippen LogP contribution in [0.15, 0.2) is 46.9 Å². The van der Waals surface area contributed by atoms with Crippen LogP contribution in [0, 0.1) is 0 Å². The second-order valence-electron chi connectivity index (χ2n) is 4.37. The molecule has 0 heterocycles. The van der Waals surface area contributed by atoms with Crippen LogP contribution in [-0.4, -0.2) is 13.7 Å². The molecule has 0 amide bonds. The normalized spacial score (nSPS) is 12.0. The summed E-state index contributed by atoms with van der Waals surface area (Å²) in [6.07, 6.45) is 0. The summed E-state index contributed by atoms with van der Waals surface area (Å²) in [7, 11) is 1.65. The number of ether oxygens (including phenoxy) is 2. The van der Waals surface area contributed by atoms with Gasteiger partial charge in [-0.25, -0.2) is 0 Å². The van der Waals surface area contributed by atoms with E-state index in [1.807, 2.05) is 49.4 Å². The first kappa shape index (κ1) is 14.9. The SMILES string of the molecule is CCOc1ccc(C(N)c2ccc(OC)cc2Br)cc1. The van der Waals surface area contributed by atoms with Gasteiger partial charge in [0.2, 0.25) is 0 Å². The minimum Gasteiger partial charge on any atom is -0.497 e. The highest BCUT2D eigenvalue weighted by Gasteiger charge is 2.13. The average molecular weight is 336 g/mol. The first-order valence-electron chi connectivity index (χ1n) is 6.47. The van der Waals surface area contributed by atoms with Gasteiger partial charge in [0.25, 0.3) is 0 Å². The molecule has 0 radical (unpaired) electrons. The Bertz CT molecular complexity index is 569. The molecule has 0 saturated carbocycles. The van der Waals surface area contributed by atoms with Gasteiger partial charge in [-0.1, -0.05) is 34.1 Å². The van der Waals surface area contributed by atoms with Crippen LogP contribution >= 0.6 is 15.9 Å². The van der Waals surface area contributed by atoms with Crippen LogP contribution in [0.5, 0.6) is 11.5 Å². The van der Waals surface area contributed by atoms with Crippen molar-refractivity contribution in [1.29, 1.82) is 0 Å². The lowest BCUT2D eigenvalue weighted by molar-refractivity contribution is 0.340. The molecule has 2 rings (SSSR count). The Morgan fingerprint density at radius 1 is 1.10 bits per heavy atom. The Morgan fingerprint density at radius 3 is 2.30 bits per heavy atom. The lowest BCUT2D eigenvalue weighted by Crippen LogP contribution is -2.12. The highest BCUT2D eigenvalue weighted by Crippen LogP contribution is 2.30. The number of halogens is 1. The molecule has 0 aromatic heterocycles. The van der Waals surface area contributed by atoms with Crippen molar-refractivity contribution in [3.63, 3.8) is 0 Å². The van der Waals surface area contributed by atoms with Gasteiger partial charge >= 0.3 is 0 Å². The third kappa shape index (κ3) is 3.32. The van der Waals surface area contributed by atoms with Crippen molar-refractivity contribution in [3.8, 4) is 11.5 Å². The summed E-state index contributed by atoms with van der Waals surface area (Å²) in [5.41, 5.74) is 8.39. The molecule has 2 aromatic carbocycles. The zero-order chi connectivity index (χ0) is 14.5. The van der Waals surface area contributed by atoms with Crippen LogP contribution in [0.25, 0.3) is 0 Å². The lowest BCUT2D eigenvalue weighted by Gasteiger charge is -2.15. The van der Waals surface area contributed by atoms with E-state index in [-0.39, 0.29) is 6.04 Å². The van der Waals surface area contributed by atoms with Crippen molar-refractivity contribution in [1.82, 2.24) is 0 Å². The van der Waals surface area contributed by atoms with E-state index in [9.17, 15) is 0 Å². The fraction of sp³-hybridized carbons (Fsp3) is 0.250. The van der Waals surface area contributed by atoms with Crippen molar-refractivity contribution in [2.45, 2.75) is 13.0 Å². The van der Waals surface area contributed by atoms with E-state index in [1.54, 1.807) is 7.11 Å². The van der Waals surface area contributed by atoms with Crippen LogP contribution < -0.4 is 15.2 Å². The molecule has 2 N–H and O–H groups in total. The predicted molar refractivity (Wildman–Crippen MR) is 84.3 cm³/mol. The number of rotatable bonds is 5. The zero-order valence-electron chi connectivity index (χ0n) is 11.6. The molecule has 0 bridgehead atoms. The minimum atomic E-state index is -0.189. The number of methoxy groups -OCH3 is 1. The Kier molecular flexibility index (Phi) is 5.04. The van der Waals surface area contributed by atoms with E-state index >= 15 is 0 Å². The van der Waals surface area contributed by atoms with Crippen LogP contribution in [0.2, 0.25) is 0 Å². The summed E-state index contributed by atoms with van der Waals surface area (Å²) >= 11 is 3.54. The second kappa shape index (κ2) is 6.77. The quantitative estimate of drug-likeness (QED) is 0.900. The topological polar surface area (TPSA) is 44.5 Å². The summed E-state index contributed by atoms with van der Waals surface area (Å²) in [5, 5.41) is 0. The van der Waals surface area contributed by atoms with Gasteiger partial charge in [-0.15, -0.1) is 0 Å². The standard InChI is InChI=1S/C16H18BrNO2/c1-3-20-12-6-4-11(5-7-12)16(18)14-9-8-13(19-2)10-15(14)17/h4-10,16H,3,18H2,1-2H3. The fourth-order valence-electron chi connectivity index (χ4n) is 2.00. The molecule has 2 aromatic rings. The molecule has 1 atom stereocenters. The van der Waals surface area contributed by atoms with Crippen LogP contribution in [0.4, 0.5) is 0 Å². The molecule has 0 aliphatic heterocycles. The maximum absolute atomic E-state index is 6.32. The molecule has 3 nitrogen and oxygen atoms in total. The first-order chi connectivity index (χ1) is 9.65. The van der Waals surface area contributed by atoms with Gasteiger partial charge in [0.05, 0.1) is 19.8 Å². The van der Waals surface area contributed by atoms with E-state index in [0.717, 1.165) is 27.1 Å². The van der Waals surface area contributed by atoms with Gasteiger partial charge in [-0.2, -0.15) is 0 Å². The van der Waals surface area contributed by atoms with Gasteiger partial charge in [0.1, 0.15) is 11.5 Å². The molecule has 4 heteroatoms. The fourth-order valence-corrected chi connectivity index (χ4v) is 2.61. The van der Waals surface area contributed by atoms with Crippen molar-refractivity contribution in [2.24, 2.45) is 5.73 Å². The molecular formula is C16H18BrNO2. The van der Waals surface area contributed by atoms with Gasteiger partial charge in [0.15, 0.2) is 0 Å². The Balaban J connectivity index is 2.24. The molecule has 0 spiro atoms. The molecule has 0 saturated heterocycles. The number of hydrogen-bond donors (Lipinski definition) is 1. The maximum atomic E-state index is 6.32. The van der Waals surface area contributed by atoms with Crippen LogP contribution in [0.1, 0.15) is 24.1 Å². The van der Waals surface area contributed by atoms with E-state index in [0.29, 0.717) is 6.61 Å². The van der Waals surface area contributed by atoms with Crippen molar-refractivity contribution < 1.29 is 9.47 Å². The number of hydrogen-bond acceptors (Lipinski definition) is 3. The average Bonchev–Trinajstić information content (AvgIpc) is 2.47. The molecular weight excluding hydrogens is 318 g/mol. The van der Waals surface area contributed by atoms with Crippen LogP contribution in [0.3, 0.4) is 0 Å². The largest absolute Gasteiger partial charge is 0.497 e. The van der Waals surface area contributed by atoms with Gasteiger partial charge in [-0.3, -0.25) is 0 Å². The van der Waals surface area contributed by atoms with Crippen molar-refractivity contribution in [2.75, 3.05) is 13.7 Å². The molecule has 106 valence electrons. The molecule has 1 unspecified atom stereocenters. The minimum absolute atomic E-state index is 0.189. The van der Waals surface area contributed by atoms with Crippen LogP contribution in [-0.2, 0) is 0 Å². The van der Waals surface area contributed by atoms with E-state index in [2.05, 4.69) is 15.9 Å². The van der Waals surface area contributed by atoms with Crippen molar-refractivity contribution in [3.05, 3.63) is 58.1 Å². The lowest BCUT2D eigenvalue weighted by atomic mass is 9.99. The third-order valence-corrected chi connectivity index (χ3v) is 3.78. The van der Waals surface area contributed by atoms with Gasteiger partial charge in [-0.05, 0) is 42.3 Å². The molecule has 0 aliphatic carbocycles. The highest BCUT2D eigenvalue weighted by atomic mass is 79.9. The summed E-state index contributed by atoms with van der Waals surface area (Å²) < 4.78 is 11.6. The predicted octanol–water partition coefficient (Wildman–Crippen LogP) is 3.90. The Morgan fingerprint density at radius 2 is 1.75 bits per heavy atom.